The number of carboxylic acid groups (broad SMARTS) is 1. The second-order valence-corrected chi connectivity index (χ2v) is 5.48. The molecule has 0 spiro atoms. The van der Waals surface area contributed by atoms with Crippen LogP contribution in [0.25, 0.3) is 0 Å². The molecule has 2 unspecified atom stereocenters. The summed E-state index contributed by atoms with van der Waals surface area (Å²) in [5.41, 5.74) is 0. The molecular weight excluding hydrogens is 262 g/mol. The molecule has 7 nitrogen and oxygen atoms in total. The molecule has 114 valence electrons. The summed E-state index contributed by atoms with van der Waals surface area (Å²) in [6.45, 7) is 5.13. The number of aliphatic carboxylic acids is 1. The van der Waals surface area contributed by atoms with E-state index in [1.165, 1.54) is 0 Å². The molecule has 2 aliphatic rings. The normalized spacial score (nSPS) is 27.6. The van der Waals surface area contributed by atoms with Gasteiger partial charge in [0.25, 0.3) is 0 Å². The van der Waals surface area contributed by atoms with Crippen molar-refractivity contribution in [3.05, 3.63) is 0 Å². The van der Waals surface area contributed by atoms with E-state index in [2.05, 4.69) is 0 Å². The number of urea groups is 1. The van der Waals surface area contributed by atoms with Crippen molar-refractivity contribution in [2.24, 2.45) is 0 Å². The number of carboxylic acids is 1. The Morgan fingerprint density at radius 1 is 1.30 bits per heavy atom. The van der Waals surface area contributed by atoms with Gasteiger partial charge in [-0.2, -0.15) is 0 Å². The van der Waals surface area contributed by atoms with Crippen LogP contribution in [0.15, 0.2) is 0 Å². The number of piperazine rings is 1. The Balaban J connectivity index is 1.83. The highest BCUT2D eigenvalue weighted by Gasteiger charge is 2.33. The van der Waals surface area contributed by atoms with E-state index >= 15 is 0 Å². The van der Waals surface area contributed by atoms with Gasteiger partial charge in [-0.25, -0.2) is 4.79 Å². The first kappa shape index (κ1) is 15.1. The van der Waals surface area contributed by atoms with Crippen LogP contribution in [0.5, 0.6) is 0 Å². The predicted molar refractivity (Wildman–Crippen MR) is 72.6 cm³/mol. The number of carbonyl (C=O) groups excluding carboxylic acids is 1. The van der Waals surface area contributed by atoms with Crippen LogP contribution < -0.4 is 0 Å². The molecule has 0 radical (unpaired) electrons. The third-order valence-corrected chi connectivity index (χ3v) is 4.14. The highest BCUT2D eigenvalue weighted by atomic mass is 16.5. The minimum atomic E-state index is -0.821. The van der Waals surface area contributed by atoms with Crippen molar-refractivity contribution in [3.8, 4) is 0 Å². The van der Waals surface area contributed by atoms with E-state index in [1.54, 1.807) is 9.80 Å². The lowest BCUT2D eigenvalue weighted by Gasteiger charge is -2.38. The van der Waals surface area contributed by atoms with Gasteiger partial charge in [0.15, 0.2) is 0 Å². The highest BCUT2D eigenvalue weighted by Crippen LogP contribution is 2.19. The fraction of sp³-hybridized carbons (Fsp3) is 0.846. The largest absolute Gasteiger partial charge is 0.480 e. The Kier molecular flexibility index (Phi) is 4.82. The van der Waals surface area contributed by atoms with Gasteiger partial charge >= 0.3 is 12.0 Å². The molecule has 7 heteroatoms. The molecule has 20 heavy (non-hydrogen) atoms. The molecule has 2 fully saturated rings. The van der Waals surface area contributed by atoms with Gasteiger partial charge < -0.3 is 19.6 Å². The second kappa shape index (κ2) is 6.41. The number of nitrogens with zero attached hydrogens (tertiary/aromatic N) is 3. The zero-order chi connectivity index (χ0) is 14.7. The topological polar surface area (TPSA) is 73.3 Å². The molecule has 0 aromatic heterocycles. The van der Waals surface area contributed by atoms with E-state index in [1.807, 2.05) is 18.9 Å². The summed E-state index contributed by atoms with van der Waals surface area (Å²) in [5, 5.41) is 8.76. The number of carbonyl (C=O) groups is 2. The van der Waals surface area contributed by atoms with Crippen LogP contribution in [0.4, 0.5) is 4.79 Å². The average molecular weight is 285 g/mol. The lowest BCUT2D eigenvalue weighted by atomic mass is 10.1. The number of hydrogen-bond acceptors (Lipinski definition) is 4. The van der Waals surface area contributed by atoms with Crippen LogP contribution in [0.1, 0.15) is 13.3 Å². The maximum Gasteiger partial charge on any atom is 0.320 e. The summed E-state index contributed by atoms with van der Waals surface area (Å²) in [5.74, 6) is -0.821. The minimum absolute atomic E-state index is 0.0160. The molecule has 2 atom stereocenters. The molecule has 0 aromatic carbocycles. The molecule has 0 aliphatic carbocycles. The van der Waals surface area contributed by atoms with Crippen molar-refractivity contribution in [2.75, 3.05) is 46.4 Å². The summed E-state index contributed by atoms with van der Waals surface area (Å²) in [6, 6.07) is 0.155. The number of hydrogen-bond donors (Lipinski definition) is 1. The van der Waals surface area contributed by atoms with Crippen LogP contribution in [-0.2, 0) is 9.53 Å². The summed E-state index contributed by atoms with van der Waals surface area (Å²) in [4.78, 5) is 28.5. The fourth-order valence-electron chi connectivity index (χ4n) is 2.88. The first-order valence-corrected chi connectivity index (χ1v) is 7.06. The van der Waals surface area contributed by atoms with Gasteiger partial charge in [0.2, 0.25) is 0 Å². The third-order valence-electron chi connectivity index (χ3n) is 4.14. The quantitative estimate of drug-likeness (QED) is 0.785. The molecule has 0 aromatic rings. The highest BCUT2D eigenvalue weighted by molar-refractivity contribution is 5.75. The van der Waals surface area contributed by atoms with Gasteiger partial charge in [-0.3, -0.25) is 9.69 Å². The van der Waals surface area contributed by atoms with E-state index in [-0.39, 0.29) is 24.7 Å². The van der Waals surface area contributed by atoms with Crippen LogP contribution in [0, 0.1) is 0 Å². The average Bonchev–Trinajstić information content (AvgIpc) is 2.83. The lowest BCUT2D eigenvalue weighted by Crippen LogP contribution is -2.55. The third kappa shape index (κ3) is 3.40. The first-order valence-electron chi connectivity index (χ1n) is 7.06. The molecule has 2 rings (SSSR count). The van der Waals surface area contributed by atoms with Gasteiger partial charge in [-0.1, -0.05) is 0 Å². The van der Waals surface area contributed by atoms with Gasteiger partial charge in [0.05, 0.1) is 18.7 Å². The Labute approximate surface area is 119 Å². The molecular formula is C13H23N3O4. The maximum absolute atomic E-state index is 12.4. The van der Waals surface area contributed by atoms with Gasteiger partial charge in [0, 0.05) is 39.8 Å². The summed E-state index contributed by atoms with van der Waals surface area (Å²) >= 11 is 0. The first-order chi connectivity index (χ1) is 9.49. The van der Waals surface area contributed by atoms with Gasteiger partial charge in [-0.15, -0.1) is 0 Å². The SMILES string of the molecule is CC1OCCC1N(C)C(=O)N1CCN(CC(=O)O)CC1. The summed E-state index contributed by atoms with van der Waals surface area (Å²) < 4.78 is 5.50. The standard InChI is InChI=1S/C13H23N3O4/c1-10-11(3-8-20-10)14(2)13(19)16-6-4-15(5-7-16)9-12(17)18/h10-11H,3-9H2,1-2H3,(H,17,18). The Hall–Kier alpha value is -1.34. The smallest absolute Gasteiger partial charge is 0.320 e. The maximum atomic E-state index is 12.4. The van der Waals surface area contributed by atoms with E-state index < -0.39 is 5.97 Å². The number of rotatable bonds is 3. The molecule has 0 bridgehead atoms. The van der Waals surface area contributed by atoms with E-state index in [0.717, 1.165) is 6.42 Å². The van der Waals surface area contributed by atoms with Crippen molar-refractivity contribution in [3.63, 3.8) is 0 Å². The van der Waals surface area contributed by atoms with E-state index in [4.69, 9.17) is 9.84 Å². The van der Waals surface area contributed by atoms with E-state index in [9.17, 15) is 9.59 Å². The van der Waals surface area contributed by atoms with Crippen LogP contribution in [0.2, 0.25) is 0 Å². The van der Waals surface area contributed by atoms with Crippen molar-refractivity contribution >= 4 is 12.0 Å². The Morgan fingerprint density at radius 2 is 1.95 bits per heavy atom. The lowest BCUT2D eigenvalue weighted by molar-refractivity contribution is -0.138. The monoisotopic (exact) mass is 285 g/mol. The van der Waals surface area contributed by atoms with Crippen molar-refractivity contribution < 1.29 is 19.4 Å². The summed E-state index contributed by atoms with van der Waals surface area (Å²) in [6.07, 6.45) is 0.958. The molecule has 2 aliphatic heterocycles. The van der Waals surface area contributed by atoms with Gasteiger partial charge in [-0.05, 0) is 13.3 Å². The molecule has 2 amide bonds. The Morgan fingerprint density at radius 3 is 2.45 bits per heavy atom. The van der Waals surface area contributed by atoms with Crippen molar-refractivity contribution in [2.45, 2.75) is 25.5 Å². The van der Waals surface area contributed by atoms with Crippen molar-refractivity contribution in [1.82, 2.24) is 14.7 Å². The number of amides is 2. The zero-order valence-electron chi connectivity index (χ0n) is 12.1. The summed E-state index contributed by atoms with van der Waals surface area (Å²) in [7, 11) is 1.82. The number of ether oxygens (including phenoxy) is 1. The van der Waals surface area contributed by atoms with E-state index in [0.29, 0.717) is 32.8 Å². The predicted octanol–water partition coefficient (Wildman–Crippen LogP) is -0.0822. The molecule has 2 saturated heterocycles. The fourth-order valence-corrected chi connectivity index (χ4v) is 2.88. The zero-order valence-corrected chi connectivity index (χ0v) is 12.1. The Bertz CT molecular complexity index is 369. The second-order valence-electron chi connectivity index (χ2n) is 5.48. The van der Waals surface area contributed by atoms with Crippen LogP contribution >= 0.6 is 0 Å². The van der Waals surface area contributed by atoms with Crippen LogP contribution in [-0.4, -0.2) is 90.3 Å². The molecule has 2 heterocycles. The van der Waals surface area contributed by atoms with Gasteiger partial charge in [0.1, 0.15) is 0 Å². The van der Waals surface area contributed by atoms with Crippen molar-refractivity contribution in [1.29, 1.82) is 0 Å². The molecule has 0 saturated carbocycles. The number of likely N-dealkylation sites (N-methyl/N-ethyl adjacent to an activating group) is 1. The molecule has 1 N–H and O–H groups in total. The minimum Gasteiger partial charge on any atom is -0.480 e. The van der Waals surface area contributed by atoms with Crippen LogP contribution in [0.3, 0.4) is 0 Å².